The highest BCUT2D eigenvalue weighted by Crippen LogP contribution is 2.32. The van der Waals surface area contributed by atoms with Crippen LogP contribution in [0.4, 0.5) is 0 Å². The number of fused-ring (bicyclic) bond motifs is 3. The van der Waals surface area contributed by atoms with E-state index in [2.05, 4.69) is 28.8 Å². The third-order valence-corrected chi connectivity index (χ3v) is 3.53. The van der Waals surface area contributed by atoms with Gasteiger partial charge in [-0.25, -0.2) is 0 Å². The lowest BCUT2D eigenvalue weighted by molar-refractivity contribution is -0.0442. The molecule has 1 heterocycles. The van der Waals surface area contributed by atoms with Crippen LogP contribution in [0.15, 0.2) is 48.5 Å². The maximum atomic E-state index is 9.96. The highest BCUT2D eigenvalue weighted by molar-refractivity contribution is 6.08. The molecule has 0 saturated carbocycles. The second-order valence-corrected chi connectivity index (χ2v) is 4.77. The summed E-state index contributed by atoms with van der Waals surface area (Å²) in [4.78, 5) is 0. The van der Waals surface area contributed by atoms with E-state index in [-0.39, 0.29) is 6.23 Å². The summed E-state index contributed by atoms with van der Waals surface area (Å²) in [7, 11) is 1.63. The predicted octanol–water partition coefficient (Wildman–Crippen LogP) is 3.32. The van der Waals surface area contributed by atoms with Gasteiger partial charge in [0.1, 0.15) is 0 Å². The molecule has 0 unspecified atom stereocenters. The number of hydrogen-bond donors (Lipinski definition) is 1. The van der Waals surface area contributed by atoms with Crippen LogP contribution in [0.1, 0.15) is 13.2 Å². The standard InChI is InChI=1S/C16H17NO2/c1-11(18)16(19-2)17-14-9-5-3-7-12(14)13-8-4-6-10-15(13)17/h3-11,16,18H,1-2H3/t11-,16+/m0/s1. The lowest BCUT2D eigenvalue weighted by Crippen LogP contribution is -2.22. The van der Waals surface area contributed by atoms with Gasteiger partial charge in [0.15, 0.2) is 6.23 Å². The van der Waals surface area contributed by atoms with Crippen LogP contribution in [0.25, 0.3) is 21.8 Å². The quantitative estimate of drug-likeness (QED) is 0.779. The predicted molar refractivity (Wildman–Crippen MR) is 77.2 cm³/mol. The van der Waals surface area contributed by atoms with Crippen molar-refractivity contribution in [3.8, 4) is 0 Å². The molecule has 0 aliphatic rings. The molecule has 2 aromatic carbocycles. The molecule has 0 amide bonds. The van der Waals surface area contributed by atoms with Crippen molar-refractivity contribution in [3.05, 3.63) is 48.5 Å². The number of hydrogen-bond acceptors (Lipinski definition) is 2. The molecule has 0 bridgehead atoms. The van der Waals surface area contributed by atoms with E-state index in [9.17, 15) is 5.11 Å². The zero-order valence-electron chi connectivity index (χ0n) is 11.1. The molecule has 3 aromatic rings. The molecule has 2 atom stereocenters. The Hall–Kier alpha value is -1.84. The number of aromatic nitrogens is 1. The van der Waals surface area contributed by atoms with Gasteiger partial charge >= 0.3 is 0 Å². The van der Waals surface area contributed by atoms with E-state index in [4.69, 9.17) is 4.74 Å². The molecule has 3 rings (SSSR count). The Balaban J connectivity index is 2.42. The molecule has 19 heavy (non-hydrogen) atoms. The lowest BCUT2D eigenvalue weighted by Gasteiger charge is -2.22. The van der Waals surface area contributed by atoms with E-state index in [0.717, 1.165) is 11.0 Å². The Bertz CT molecular complexity index is 662. The molecule has 1 N–H and O–H groups in total. The average Bonchev–Trinajstić information content (AvgIpc) is 2.75. The molecule has 0 spiro atoms. The van der Waals surface area contributed by atoms with Crippen LogP contribution in [0.3, 0.4) is 0 Å². The van der Waals surface area contributed by atoms with Crippen molar-refractivity contribution in [2.75, 3.05) is 7.11 Å². The number of nitrogens with zero attached hydrogens (tertiary/aromatic N) is 1. The Labute approximate surface area is 112 Å². The van der Waals surface area contributed by atoms with Gasteiger partial charge in [0, 0.05) is 17.9 Å². The van der Waals surface area contributed by atoms with Crippen LogP contribution >= 0.6 is 0 Å². The molecule has 0 saturated heterocycles. The molecule has 1 aromatic heterocycles. The van der Waals surface area contributed by atoms with Crippen molar-refractivity contribution in [2.24, 2.45) is 0 Å². The van der Waals surface area contributed by atoms with Crippen LogP contribution in [-0.4, -0.2) is 22.9 Å². The van der Waals surface area contributed by atoms with Crippen LogP contribution in [0.5, 0.6) is 0 Å². The van der Waals surface area contributed by atoms with Crippen molar-refractivity contribution in [3.63, 3.8) is 0 Å². The first-order valence-electron chi connectivity index (χ1n) is 6.42. The summed E-state index contributed by atoms with van der Waals surface area (Å²) in [6.45, 7) is 1.75. The number of benzene rings is 2. The summed E-state index contributed by atoms with van der Waals surface area (Å²) in [5, 5.41) is 12.3. The number of rotatable bonds is 3. The maximum absolute atomic E-state index is 9.96. The Morgan fingerprint density at radius 2 is 1.42 bits per heavy atom. The molecule has 0 aliphatic heterocycles. The van der Waals surface area contributed by atoms with Crippen LogP contribution in [0.2, 0.25) is 0 Å². The number of aliphatic hydroxyl groups excluding tert-OH is 1. The van der Waals surface area contributed by atoms with Gasteiger partial charge in [-0.1, -0.05) is 36.4 Å². The fraction of sp³-hybridized carbons (Fsp3) is 0.250. The number of aliphatic hydroxyl groups is 1. The first kappa shape index (κ1) is 12.2. The van der Waals surface area contributed by atoms with E-state index in [1.54, 1.807) is 14.0 Å². The van der Waals surface area contributed by atoms with Crippen molar-refractivity contribution >= 4 is 21.8 Å². The minimum Gasteiger partial charge on any atom is -0.389 e. The summed E-state index contributed by atoms with van der Waals surface area (Å²) in [6.07, 6.45) is -0.964. The van der Waals surface area contributed by atoms with Crippen molar-refractivity contribution in [1.29, 1.82) is 0 Å². The molecular weight excluding hydrogens is 238 g/mol. The third kappa shape index (κ3) is 1.82. The van der Waals surface area contributed by atoms with Gasteiger partial charge in [0.05, 0.1) is 17.1 Å². The van der Waals surface area contributed by atoms with Crippen LogP contribution in [-0.2, 0) is 4.74 Å². The van der Waals surface area contributed by atoms with Crippen molar-refractivity contribution < 1.29 is 9.84 Å². The molecule has 0 aliphatic carbocycles. The first-order valence-corrected chi connectivity index (χ1v) is 6.42. The van der Waals surface area contributed by atoms with Gasteiger partial charge in [-0.05, 0) is 19.1 Å². The zero-order valence-corrected chi connectivity index (χ0v) is 11.1. The highest BCUT2D eigenvalue weighted by Gasteiger charge is 2.21. The first-order chi connectivity index (χ1) is 9.24. The summed E-state index contributed by atoms with van der Waals surface area (Å²) < 4.78 is 7.55. The van der Waals surface area contributed by atoms with E-state index in [1.807, 2.05) is 24.3 Å². The topological polar surface area (TPSA) is 34.4 Å². The minimum absolute atomic E-state index is 0.384. The fourth-order valence-corrected chi connectivity index (χ4v) is 2.74. The third-order valence-electron chi connectivity index (χ3n) is 3.53. The second kappa shape index (κ2) is 4.68. The molecule has 98 valence electrons. The largest absolute Gasteiger partial charge is 0.389 e. The van der Waals surface area contributed by atoms with Crippen molar-refractivity contribution in [2.45, 2.75) is 19.3 Å². The smallest absolute Gasteiger partial charge is 0.159 e. The van der Waals surface area contributed by atoms with Gasteiger partial charge in [-0.2, -0.15) is 0 Å². The van der Waals surface area contributed by atoms with Crippen LogP contribution in [0, 0.1) is 0 Å². The lowest BCUT2D eigenvalue weighted by atomic mass is 10.2. The number of ether oxygens (including phenoxy) is 1. The van der Waals surface area contributed by atoms with Gasteiger partial charge in [-0.3, -0.25) is 0 Å². The summed E-state index contributed by atoms with van der Waals surface area (Å²) >= 11 is 0. The maximum Gasteiger partial charge on any atom is 0.159 e. The van der Waals surface area contributed by atoms with E-state index >= 15 is 0 Å². The van der Waals surface area contributed by atoms with E-state index < -0.39 is 6.10 Å². The van der Waals surface area contributed by atoms with Gasteiger partial charge in [-0.15, -0.1) is 0 Å². The van der Waals surface area contributed by atoms with E-state index in [0.29, 0.717) is 0 Å². The van der Waals surface area contributed by atoms with Gasteiger partial charge in [0.25, 0.3) is 0 Å². The molecule has 3 heteroatoms. The Morgan fingerprint density at radius 1 is 0.947 bits per heavy atom. The Kier molecular flexibility index (Phi) is 3.01. The summed E-state index contributed by atoms with van der Waals surface area (Å²) in [5.41, 5.74) is 2.16. The molecular formula is C16H17NO2. The molecule has 0 radical (unpaired) electrons. The normalized spacial score (nSPS) is 14.9. The molecule has 3 nitrogen and oxygen atoms in total. The Morgan fingerprint density at radius 3 is 1.84 bits per heavy atom. The monoisotopic (exact) mass is 255 g/mol. The summed E-state index contributed by atoms with van der Waals surface area (Å²) in [6, 6.07) is 16.4. The van der Waals surface area contributed by atoms with Crippen LogP contribution < -0.4 is 0 Å². The fourth-order valence-electron chi connectivity index (χ4n) is 2.74. The van der Waals surface area contributed by atoms with Gasteiger partial charge in [0.2, 0.25) is 0 Å². The minimum atomic E-state index is -0.579. The summed E-state index contributed by atoms with van der Waals surface area (Å²) in [5.74, 6) is 0. The van der Waals surface area contributed by atoms with Gasteiger partial charge < -0.3 is 14.4 Å². The SMILES string of the molecule is CO[C@H]([C@H](C)O)n1c2ccccc2c2ccccc21. The number of methoxy groups -OCH3 is 1. The second-order valence-electron chi connectivity index (χ2n) is 4.77. The molecule has 0 fully saturated rings. The van der Waals surface area contributed by atoms with E-state index in [1.165, 1.54) is 10.8 Å². The zero-order chi connectivity index (χ0) is 13.4. The highest BCUT2D eigenvalue weighted by atomic mass is 16.5. The number of para-hydroxylation sites is 2. The van der Waals surface area contributed by atoms with Crippen molar-refractivity contribution in [1.82, 2.24) is 4.57 Å². The average molecular weight is 255 g/mol.